The van der Waals surface area contributed by atoms with Crippen molar-refractivity contribution in [2.75, 3.05) is 6.61 Å². The van der Waals surface area contributed by atoms with Gasteiger partial charge in [-0.3, -0.25) is 9.59 Å². The average Bonchev–Trinajstić information content (AvgIpc) is 2.35. The van der Waals surface area contributed by atoms with Gasteiger partial charge in [-0.15, -0.1) is 0 Å². The number of benzene rings is 1. The lowest BCUT2D eigenvalue weighted by molar-refractivity contribution is -0.186. The van der Waals surface area contributed by atoms with Crippen LogP contribution in [0.15, 0.2) is 30.3 Å². The molecule has 110 valence electrons. The zero-order chi connectivity index (χ0) is 15.2. The first-order valence-corrected chi connectivity index (χ1v) is 5.82. The molecule has 0 aliphatic heterocycles. The molecule has 0 heterocycles. The molecule has 20 heavy (non-hydrogen) atoms. The monoisotopic (exact) mass is 289 g/mol. The van der Waals surface area contributed by atoms with Gasteiger partial charge in [0.15, 0.2) is 6.61 Å². The Morgan fingerprint density at radius 3 is 2.35 bits per heavy atom. The molecule has 0 fully saturated rings. The minimum atomic E-state index is -4.56. The smallest absolute Gasteiger partial charge is 0.422 e. The summed E-state index contributed by atoms with van der Waals surface area (Å²) >= 11 is 0. The van der Waals surface area contributed by atoms with Crippen molar-refractivity contribution in [2.45, 2.75) is 25.6 Å². The van der Waals surface area contributed by atoms with Crippen LogP contribution in [-0.4, -0.2) is 24.7 Å². The number of alkyl halides is 3. The molecule has 1 aromatic carbocycles. The number of ether oxygens (including phenoxy) is 1. The Morgan fingerprint density at radius 2 is 1.85 bits per heavy atom. The number of carbonyl (C=O) groups excluding carboxylic acids is 2. The van der Waals surface area contributed by atoms with Crippen LogP contribution in [0.25, 0.3) is 0 Å². The molecular formula is C13H14F3NO3. The molecule has 0 bridgehead atoms. The van der Waals surface area contributed by atoms with E-state index in [1.807, 2.05) is 0 Å². The molecule has 0 aromatic heterocycles. The van der Waals surface area contributed by atoms with Crippen molar-refractivity contribution in [2.24, 2.45) is 0 Å². The van der Waals surface area contributed by atoms with Gasteiger partial charge in [-0.2, -0.15) is 13.2 Å². The highest BCUT2D eigenvalue weighted by Gasteiger charge is 2.30. The number of hydrogen-bond acceptors (Lipinski definition) is 3. The van der Waals surface area contributed by atoms with Crippen LogP contribution in [0.4, 0.5) is 13.2 Å². The number of rotatable bonds is 5. The number of carbonyl (C=O) groups is 2. The molecule has 0 spiro atoms. The van der Waals surface area contributed by atoms with Crippen LogP contribution >= 0.6 is 0 Å². The normalized spacial score (nSPS) is 12.6. The van der Waals surface area contributed by atoms with Gasteiger partial charge in [0.05, 0.1) is 12.5 Å². The molecule has 1 amide bonds. The Balaban J connectivity index is 2.66. The highest BCUT2D eigenvalue weighted by Crippen LogP contribution is 2.19. The van der Waals surface area contributed by atoms with E-state index in [-0.39, 0.29) is 12.3 Å². The zero-order valence-corrected chi connectivity index (χ0v) is 10.7. The van der Waals surface area contributed by atoms with Gasteiger partial charge >= 0.3 is 12.1 Å². The maximum Gasteiger partial charge on any atom is 0.422 e. The van der Waals surface area contributed by atoms with E-state index < -0.39 is 24.8 Å². The Morgan fingerprint density at radius 1 is 1.25 bits per heavy atom. The lowest BCUT2D eigenvalue weighted by atomic mass is 10.0. The van der Waals surface area contributed by atoms with Gasteiger partial charge in [0.25, 0.3) is 0 Å². The lowest BCUT2D eigenvalue weighted by Gasteiger charge is -2.18. The second-order valence-corrected chi connectivity index (χ2v) is 4.14. The van der Waals surface area contributed by atoms with Gasteiger partial charge in [0.1, 0.15) is 0 Å². The Bertz CT molecular complexity index is 460. The molecule has 1 rings (SSSR count). The average molecular weight is 289 g/mol. The van der Waals surface area contributed by atoms with Gasteiger partial charge in [0.2, 0.25) is 5.91 Å². The summed E-state index contributed by atoms with van der Waals surface area (Å²) in [7, 11) is 0. The molecule has 1 aromatic rings. The van der Waals surface area contributed by atoms with Crippen molar-refractivity contribution in [3.63, 3.8) is 0 Å². The summed E-state index contributed by atoms with van der Waals surface area (Å²) in [6.45, 7) is -0.371. The minimum Gasteiger partial charge on any atom is -0.456 e. The number of hydrogen-bond donors (Lipinski definition) is 1. The summed E-state index contributed by atoms with van der Waals surface area (Å²) in [5.74, 6) is -1.41. The molecule has 0 saturated carbocycles. The van der Waals surface area contributed by atoms with Crippen LogP contribution in [0.5, 0.6) is 0 Å². The van der Waals surface area contributed by atoms with E-state index >= 15 is 0 Å². The lowest BCUT2D eigenvalue weighted by Crippen LogP contribution is -2.29. The van der Waals surface area contributed by atoms with Crippen LogP contribution < -0.4 is 5.32 Å². The maximum atomic E-state index is 11.9. The molecule has 1 atom stereocenters. The quantitative estimate of drug-likeness (QED) is 0.847. The third-order valence-corrected chi connectivity index (χ3v) is 2.35. The molecule has 7 heteroatoms. The first-order valence-electron chi connectivity index (χ1n) is 5.82. The van der Waals surface area contributed by atoms with Crippen LogP contribution in [0.2, 0.25) is 0 Å². The van der Waals surface area contributed by atoms with Gasteiger partial charge in [-0.05, 0) is 5.56 Å². The van der Waals surface area contributed by atoms with Gasteiger partial charge < -0.3 is 10.1 Å². The predicted molar refractivity (Wildman–Crippen MR) is 64.6 cm³/mol. The standard InChI is InChI=1S/C13H14F3NO3/c1-9(18)17-11(10-5-3-2-4-6-10)7-12(19)20-8-13(14,15)16/h2-6,11H,7-8H2,1H3,(H,17,18)/t11-/m0/s1. The van der Waals surface area contributed by atoms with E-state index in [1.165, 1.54) is 6.92 Å². The predicted octanol–water partition coefficient (Wildman–Crippen LogP) is 2.36. The fourth-order valence-corrected chi connectivity index (χ4v) is 1.57. The highest BCUT2D eigenvalue weighted by atomic mass is 19.4. The SMILES string of the molecule is CC(=O)N[C@@H](CC(=O)OCC(F)(F)F)c1ccccc1. The summed E-state index contributed by atoms with van der Waals surface area (Å²) in [5, 5.41) is 2.50. The van der Waals surface area contributed by atoms with Crippen molar-refractivity contribution >= 4 is 11.9 Å². The van der Waals surface area contributed by atoms with E-state index in [0.717, 1.165) is 0 Å². The Hall–Kier alpha value is -2.05. The maximum absolute atomic E-state index is 11.9. The van der Waals surface area contributed by atoms with Crippen LogP contribution in [-0.2, 0) is 14.3 Å². The molecule has 4 nitrogen and oxygen atoms in total. The third kappa shape index (κ3) is 6.21. The summed E-state index contributed by atoms with van der Waals surface area (Å²) < 4.78 is 39.9. The third-order valence-electron chi connectivity index (χ3n) is 2.35. The summed E-state index contributed by atoms with van der Waals surface area (Å²) in [5.41, 5.74) is 0.617. The van der Waals surface area contributed by atoms with Crippen molar-refractivity contribution in [1.82, 2.24) is 5.32 Å². The van der Waals surface area contributed by atoms with E-state index in [1.54, 1.807) is 30.3 Å². The molecule has 0 aliphatic rings. The number of amides is 1. The molecule has 0 radical (unpaired) electrons. The Kier molecular flexibility index (Phi) is 5.54. The Labute approximate surface area is 113 Å². The van der Waals surface area contributed by atoms with E-state index in [0.29, 0.717) is 5.56 Å². The number of esters is 1. The van der Waals surface area contributed by atoms with Gasteiger partial charge in [0, 0.05) is 6.92 Å². The molecule has 0 saturated heterocycles. The van der Waals surface area contributed by atoms with E-state index in [9.17, 15) is 22.8 Å². The fraction of sp³-hybridized carbons (Fsp3) is 0.385. The fourth-order valence-electron chi connectivity index (χ4n) is 1.57. The second-order valence-electron chi connectivity index (χ2n) is 4.14. The van der Waals surface area contributed by atoms with E-state index in [4.69, 9.17) is 0 Å². The number of halogens is 3. The van der Waals surface area contributed by atoms with Crippen LogP contribution in [0.3, 0.4) is 0 Å². The minimum absolute atomic E-state index is 0.361. The molecule has 1 N–H and O–H groups in total. The zero-order valence-electron chi connectivity index (χ0n) is 10.7. The summed E-state index contributed by atoms with van der Waals surface area (Å²) in [6.07, 6.45) is -4.93. The molecular weight excluding hydrogens is 275 g/mol. The van der Waals surface area contributed by atoms with E-state index in [2.05, 4.69) is 10.1 Å². The second kappa shape index (κ2) is 6.93. The summed E-state index contributed by atoms with van der Waals surface area (Å²) in [6, 6.07) is 7.76. The largest absolute Gasteiger partial charge is 0.456 e. The number of nitrogens with one attached hydrogen (secondary N) is 1. The molecule has 0 aliphatic carbocycles. The van der Waals surface area contributed by atoms with Gasteiger partial charge in [-0.1, -0.05) is 30.3 Å². The first kappa shape index (κ1) is 16.0. The first-order chi connectivity index (χ1) is 9.28. The van der Waals surface area contributed by atoms with Crippen molar-refractivity contribution in [3.05, 3.63) is 35.9 Å². The van der Waals surface area contributed by atoms with Crippen molar-refractivity contribution in [3.8, 4) is 0 Å². The van der Waals surface area contributed by atoms with Crippen LogP contribution in [0.1, 0.15) is 24.9 Å². The van der Waals surface area contributed by atoms with Crippen molar-refractivity contribution < 1.29 is 27.5 Å². The van der Waals surface area contributed by atoms with Crippen molar-refractivity contribution in [1.29, 1.82) is 0 Å². The van der Waals surface area contributed by atoms with Gasteiger partial charge in [-0.25, -0.2) is 0 Å². The highest BCUT2D eigenvalue weighted by molar-refractivity contribution is 5.76. The summed E-state index contributed by atoms with van der Waals surface area (Å²) in [4.78, 5) is 22.5. The van der Waals surface area contributed by atoms with Crippen LogP contribution in [0, 0.1) is 0 Å². The molecule has 0 unspecified atom stereocenters. The topological polar surface area (TPSA) is 55.4 Å².